The molecule has 1 aliphatic heterocycles. The van der Waals surface area contributed by atoms with E-state index < -0.39 is 0 Å². The highest BCUT2D eigenvalue weighted by Crippen LogP contribution is 2.24. The molecular weight excluding hydrogens is 142 g/mol. The summed E-state index contributed by atoms with van der Waals surface area (Å²) in [4.78, 5) is 2.20. The summed E-state index contributed by atoms with van der Waals surface area (Å²) in [6.45, 7) is 5.78. The van der Waals surface area contributed by atoms with Crippen LogP contribution in [0.15, 0.2) is 0 Å². The van der Waals surface area contributed by atoms with Crippen LogP contribution in [0, 0.1) is 0 Å². The fourth-order valence-corrected chi connectivity index (χ4v) is 1.21. The van der Waals surface area contributed by atoms with Crippen molar-refractivity contribution in [3.05, 3.63) is 0 Å². The maximum atomic E-state index is 5.52. The Morgan fingerprint density at radius 1 is 1.64 bits per heavy atom. The summed E-state index contributed by atoms with van der Waals surface area (Å²) in [6, 6.07) is 0. The zero-order chi connectivity index (χ0) is 8.48. The third kappa shape index (κ3) is 1.72. The van der Waals surface area contributed by atoms with Gasteiger partial charge >= 0.3 is 0 Å². The Hall–Kier alpha value is -0.120. The van der Waals surface area contributed by atoms with Crippen LogP contribution in [0.3, 0.4) is 0 Å². The van der Waals surface area contributed by atoms with Crippen molar-refractivity contribution in [2.24, 2.45) is 0 Å². The molecule has 0 amide bonds. The Balaban J connectivity index is 2.49. The molecule has 0 bridgehead atoms. The first-order chi connectivity index (χ1) is 5.08. The van der Waals surface area contributed by atoms with Gasteiger partial charge in [-0.1, -0.05) is 0 Å². The molecule has 0 aromatic heterocycles. The molecule has 1 unspecified atom stereocenters. The quantitative estimate of drug-likeness (QED) is 0.592. The number of hydrogen-bond donors (Lipinski definition) is 0. The van der Waals surface area contributed by atoms with E-state index in [0.29, 0.717) is 6.61 Å². The van der Waals surface area contributed by atoms with E-state index in [4.69, 9.17) is 9.47 Å². The van der Waals surface area contributed by atoms with Gasteiger partial charge in [0.1, 0.15) is 6.23 Å². The van der Waals surface area contributed by atoms with E-state index in [-0.39, 0.29) is 11.8 Å². The smallest absolute Gasteiger partial charge is 0.134 e. The highest BCUT2D eigenvalue weighted by atomic mass is 16.5. The van der Waals surface area contributed by atoms with Gasteiger partial charge in [-0.15, -0.1) is 0 Å². The third-order valence-corrected chi connectivity index (χ3v) is 2.32. The van der Waals surface area contributed by atoms with Gasteiger partial charge in [-0.2, -0.15) is 0 Å². The molecule has 1 saturated heterocycles. The van der Waals surface area contributed by atoms with Gasteiger partial charge in [0.05, 0.1) is 13.2 Å². The van der Waals surface area contributed by atoms with E-state index in [9.17, 15) is 0 Å². The van der Waals surface area contributed by atoms with Crippen molar-refractivity contribution in [2.75, 3.05) is 27.4 Å². The van der Waals surface area contributed by atoms with E-state index >= 15 is 0 Å². The first-order valence-electron chi connectivity index (χ1n) is 3.91. The Bertz CT molecular complexity index is 136. The number of nitrogens with zero attached hydrogens (tertiary/aromatic N) is 1. The molecular formula is C8H17NO2. The molecule has 0 spiro atoms. The fourth-order valence-electron chi connectivity index (χ4n) is 1.21. The standard InChI is InChI=1S/C8H17NO2/c1-8(2)6-11-7(5-10-4)9(8)3/h7H,5-6H2,1-4H3. The Morgan fingerprint density at radius 2 is 2.27 bits per heavy atom. The van der Waals surface area contributed by atoms with E-state index in [1.54, 1.807) is 7.11 Å². The second-order valence-corrected chi connectivity index (χ2v) is 3.64. The summed E-state index contributed by atoms with van der Waals surface area (Å²) in [7, 11) is 3.76. The van der Waals surface area contributed by atoms with E-state index in [1.807, 2.05) is 0 Å². The van der Waals surface area contributed by atoms with Crippen LogP contribution < -0.4 is 0 Å². The molecule has 1 atom stereocenters. The molecule has 0 saturated carbocycles. The van der Waals surface area contributed by atoms with Crippen molar-refractivity contribution in [3.63, 3.8) is 0 Å². The monoisotopic (exact) mass is 159 g/mol. The molecule has 1 aliphatic rings. The Kier molecular flexibility index (Phi) is 2.52. The first kappa shape index (κ1) is 8.97. The second-order valence-electron chi connectivity index (χ2n) is 3.64. The second kappa shape index (κ2) is 3.09. The predicted octanol–water partition coefficient (Wildman–Crippen LogP) is 0.700. The first-order valence-corrected chi connectivity index (χ1v) is 3.91. The van der Waals surface area contributed by atoms with Gasteiger partial charge in [0.25, 0.3) is 0 Å². The number of likely N-dealkylation sites (N-methyl/N-ethyl adjacent to an activating group) is 1. The fraction of sp³-hybridized carbons (Fsp3) is 1.00. The van der Waals surface area contributed by atoms with Gasteiger partial charge in [0.15, 0.2) is 0 Å². The summed E-state index contributed by atoms with van der Waals surface area (Å²) in [5.74, 6) is 0. The zero-order valence-corrected chi connectivity index (χ0v) is 7.76. The van der Waals surface area contributed by atoms with Crippen molar-refractivity contribution in [1.82, 2.24) is 4.90 Å². The summed E-state index contributed by atoms with van der Waals surface area (Å²) < 4.78 is 10.5. The molecule has 0 N–H and O–H groups in total. The van der Waals surface area contributed by atoms with Gasteiger partial charge < -0.3 is 9.47 Å². The van der Waals surface area contributed by atoms with Gasteiger partial charge in [-0.05, 0) is 20.9 Å². The lowest BCUT2D eigenvalue weighted by Gasteiger charge is -2.28. The molecule has 0 radical (unpaired) electrons. The maximum Gasteiger partial charge on any atom is 0.134 e. The average Bonchev–Trinajstić information content (AvgIpc) is 2.17. The Morgan fingerprint density at radius 3 is 2.64 bits per heavy atom. The van der Waals surface area contributed by atoms with E-state index in [0.717, 1.165) is 6.61 Å². The molecule has 1 rings (SSSR count). The van der Waals surface area contributed by atoms with Crippen molar-refractivity contribution in [3.8, 4) is 0 Å². The normalized spacial score (nSPS) is 31.1. The van der Waals surface area contributed by atoms with Gasteiger partial charge in [0, 0.05) is 12.6 Å². The number of methoxy groups -OCH3 is 1. The van der Waals surface area contributed by atoms with Crippen molar-refractivity contribution in [1.29, 1.82) is 0 Å². The highest BCUT2D eigenvalue weighted by molar-refractivity contribution is 4.86. The lowest BCUT2D eigenvalue weighted by atomic mass is 10.1. The minimum Gasteiger partial charge on any atom is -0.381 e. The minimum atomic E-state index is 0.134. The SMILES string of the molecule is COCC1OCC(C)(C)N1C. The lowest BCUT2D eigenvalue weighted by molar-refractivity contribution is -0.0198. The molecule has 66 valence electrons. The zero-order valence-electron chi connectivity index (χ0n) is 7.76. The highest BCUT2D eigenvalue weighted by Gasteiger charge is 2.37. The largest absolute Gasteiger partial charge is 0.381 e. The van der Waals surface area contributed by atoms with Gasteiger partial charge in [-0.25, -0.2) is 0 Å². The van der Waals surface area contributed by atoms with Crippen LogP contribution in [0.1, 0.15) is 13.8 Å². The summed E-state index contributed by atoms with van der Waals surface area (Å²) in [6.07, 6.45) is 0.134. The number of hydrogen-bond acceptors (Lipinski definition) is 3. The summed E-state index contributed by atoms with van der Waals surface area (Å²) >= 11 is 0. The van der Waals surface area contributed by atoms with Crippen molar-refractivity contribution >= 4 is 0 Å². The molecule has 0 aliphatic carbocycles. The topological polar surface area (TPSA) is 21.7 Å². The number of rotatable bonds is 2. The summed E-state index contributed by atoms with van der Waals surface area (Å²) in [5.41, 5.74) is 0.156. The molecule has 0 aromatic carbocycles. The van der Waals surface area contributed by atoms with Crippen LogP contribution in [0.2, 0.25) is 0 Å². The molecule has 11 heavy (non-hydrogen) atoms. The van der Waals surface area contributed by atoms with Gasteiger partial charge in [0.2, 0.25) is 0 Å². The van der Waals surface area contributed by atoms with Crippen LogP contribution in [0.5, 0.6) is 0 Å². The third-order valence-electron chi connectivity index (χ3n) is 2.32. The number of ether oxygens (including phenoxy) is 2. The molecule has 0 aromatic rings. The average molecular weight is 159 g/mol. The van der Waals surface area contributed by atoms with E-state index in [2.05, 4.69) is 25.8 Å². The molecule has 1 heterocycles. The van der Waals surface area contributed by atoms with Gasteiger partial charge in [-0.3, -0.25) is 4.90 Å². The molecule has 3 heteroatoms. The van der Waals surface area contributed by atoms with Crippen LogP contribution in [0.4, 0.5) is 0 Å². The van der Waals surface area contributed by atoms with E-state index in [1.165, 1.54) is 0 Å². The minimum absolute atomic E-state index is 0.134. The van der Waals surface area contributed by atoms with Crippen molar-refractivity contribution in [2.45, 2.75) is 25.6 Å². The predicted molar refractivity (Wildman–Crippen MR) is 43.5 cm³/mol. The van der Waals surface area contributed by atoms with Crippen LogP contribution in [-0.2, 0) is 9.47 Å². The Labute approximate surface area is 68.3 Å². The molecule has 3 nitrogen and oxygen atoms in total. The van der Waals surface area contributed by atoms with Crippen LogP contribution in [0.25, 0.3) is 0 Å². The maximum absolute atomic E-state index is 5.52. The summed E-state index contributed by atoms with van der Waals surface area (Å²) in [5, 5.41) is 0. The van der Waals surface area contributed by atoms with Crippen molar-refractivity contribution < 1.29 is 9.47 Å². The molecule has 1 fully saturated rings. The van der Waals surface area contributed by atoms with Crippen LogP contribution >= 0.6 is 0 Å². The van der Waals surface area contributed by atoms with Crippen LogP contribution in [-0.4, -0.2) is 44.0 Å². The lowest BCUT2D eigenvalue weighted by Crippen LogP contribution is -2.42.